The smallest absolute Gasteiger partial charge is 0.0472 e. The summed E-state index contributed by atoms with van der Waals surface area (Å²) in [5.41, 5.74) is 0.458. The van der Waals surface area contributed by atoms with Crippen molar-refractivity contribution < 1.29 is 4.74 Å². The fraction of sp³-hybridized carbons (Fsp3) is 1.00. The van der Waals surface area contributed by atoms with E-state index >= 15 is 0 Å². The Morgan fingerprint density at radius 2 is 1.78 bits per heavy atom. The number of hydrogen-bond acceptors (Lipinski definition) is 3. The summed E-state index contributed by atoms with van der Waals surface area (Å²) in [4.78, 5) is 2.69. The summed E-state index contributed by atoms with van der Waals surface area (Å²) in [6.45, 7) is 11.4. The number of nitrogens with one attached hydrogen (secondary N) is 1. The maximum Gasteiger partial charge on any atom is 0.0472 e. The van der Waals surface area contributed by atoms with E-state index in [9.17, 15) is 0 Å². The molecule has 0 amide bonds. The minimum absolute atomic E-state index is 0.458. The Morgan fingerprint density at radius 1 is 1.11 bits per heavy atom. The van der Waals surface area contributed by atoms with Gasteiger partial charge in [-0.25, -0.2) is 0 Å². The molecule has 0 bridgehead atoms. The summed E-state index contributed by atoms with van der Waals surface area (Å²) in [5.74, 6) is 0. The zero-order valence-electron chi connectivity index (χ0n) is 12.2. The third-order valence-electron chi connectivity index (χ3n) is 4.45. The molecule has 106 valence electrons. The van der Waals surface area contributed by atoms with E-state index in [1.54, 1.807) is 0 Å². The number of rotatable bonds is 5. The van der Waals surface area contributed by atoms with Gasteiger partial charge >= 0.3 is 0 Å². The average Bonchev–Trinajstić information content (AvgIpc) is 2.39. The molecule has 0 aliphatic carbocycles. The molecule has 2 saturated heterocycles. The molecule has 2 heterocycles. The molecule has 0 aromatic rings. The number of ether oxygens (including phenoxy) is 1. The van der Waals surface area contributed by atoms with Crippen molar-refractivity contribution in [3.05, 3.63) is 0 Å². The van der Waals surface area contributed by atoms with Crippen molar-refractivity contribution in [3.8, 4) is 0 Å². The Hall–Kier alpha value is -0.120. The van der Waals surface area contributed by atoms with Crippen LogP contribution in [0.3, 0.4) is 0 Å². The van der Waals surface area contributed by atoms with E-state index in [0.717, 1.165) is 19.8 Å². The number of hydrogen-bond donors (Lipinski definition) is 1. The fourth-order valence-corrected chi connectivity index (χ4v) is 3.21. The molecule has 0 aromatic heterocycles. The molecule has 0 saturated carbocycles. The van der Waals surface area contributed by atoms with E-state index in [2.05, 4.69) is 24.1 Å². The molecule has 2 fully saturated rings. The largest absolute Gasteiger partial charge is 0.381 e. The van der Waals surface area contributed by atoms with Crippen molar-refractivity contribution in [1.82, 2.24) is 10.2 Å². The molecule has 0 atom stereocenters. The molecule has 3 heteroatoms. The topological polar surface area (TPSA) is 24.5 Å². The van der Waals surface area contributed by atoms with Gasteiger partial charge < -0.3 is 15.0 Å². The van der Waals surface area contributed by atoms with Crippen molar-refractivity contribution >= 4 is 0 Å². The monoisotopic (exact) mass is 254 g/mol. The van der Waals surface area contributed by atoms with Gasteiger partial charge in [0.15, 0.2) is 0 Å². The molecule has 0 radical (unpaired) electrons. The van der Waals surface area contributed by atoms with Gasteiger partial charge in [-0.1, -0.05) is 20.3 Å². The van der Waals surface area contributed by atoms with Crippen LogP contribution in [0.4, 0.5) is 0 Å². The lowest BCUT2D eigenvalue weighted by Crippen LogP contribution is -2.49. The highest BCUT2D eigenvalue weighted by Crippen LogP contribution is 2.32. The van der Waals surface area contributed by atoms with E-state index < -0.39 is 0 Å². The van der Waals surface area contributed by atoms with Crippen molar-refractivity contribution in [3.63, 3.8) is 0 Å². The lowest BCUT2D eigenvalue weighted by molar-refractivity contribution is -0.00795. The fourth-order valence-electron chi connectivity index (χ4n) is 3.21. The molecule has 0 unspecified atom stereocenters. The molecule has 0 aromatic carbocycles. The maximum atomic E-state index is 5.57. The highest BCUT2D eigenvalue weighted by atomic mass is 16.5. The second kappa shape index (κ2) is 6.88. The number of piperidine rings is 1. The van der Waals surface area contributed by atoms with Gasteiger partial charge in [-0.3, -0.25) is 0 Å². The molecular formula is C15H30N2O. The van der Waals surface area contributed by atoms with E-state index in [1.165, 1.54) is 51.7 Å². The highest BCUT2D eigenvalue weighted by Gasteiger charge is 2.34. The third-order valence-corrected chi connectivity index (χ3v) is 4.45. The van der Waals surface area contributed by atoms with Gasteiger partial charge in [0.05, 0.1) is 0 Å². The van der Waals surface area contributed by atoms with Crippen LogP contribution in [0.25, 0.3) is 0 Å². The zero-order valence-corrected chi connectivity index (χ0v) is 12.2. The van der Waals surface area contributed by atoms with Gasteiger partial charge in [0.1, 0.15) is 0 Å². The zero-order chi connectivity index (χ0) is 12.8. The van der Waals surface area contributed by atoms with Crippen LogP contribution >= 0.6 is 0 Å². The summed E-state index contributed by atoms with van der Waals surface area (Å²) >= 11 is 0. The van der Waals surface area contributed by atoms with E-state index in [0.29, 0.717) is 11.5 Å². The van der Waals surface area contributed by atoms with Crippen LogP contribution in [0.2, 0.25) is 0 Å². The van der Waals surface area contributed by atoms with E-state index in [1.807, 2.05) is 0 Å². The quantitative estimate of drug-likeness (QED) is 0.814. The van der Waals surface area contributed by atoms with E-state index in [4.69, 9.17) is 4.74 Å². The summed E-state index contributed by atoms with van der Waals surface area (Å²) < 4.78 is 5.57. The Balaban J connectivity index is 1.90. The maximum absolute atomic E-state index is 5.57. The SMILES string of the molecule is CC(C)NCC1(CN2CCCCC2)CCOCC1. The molecule has 1 N–H and O–H groups in total. The molecule has 3 nitrogen and oxygen atoms in total. The first-order chi connectivity index (χ1) is 8.70. The molecular weight excluding hydrogens is 224 g/mol. The number of likely N-dealkylation sites (tertiary alicyclic amines) is 1. The standard InChI is InChI=1S/C15H30N2O/c1-14(2)16-12-15(6-10-18-11-7-15)13-17-8-4-3-5-9-17/h14,16H,3-13H2,1-2H3. The summed E-state index contributed by atoms with van der Waals surface area (Å²) in [5, 5.41) is 3.66. The Labute approximate surface area is 112 Å². The molecule has 2 rings (SSSR count). The van der Waals surface area contributed by atoms with Crippen LogP contribution in [0.1, 0.15) is 46.0 Å². The molecule has 0 spiro atoms. The van der Waals surface area contributed by atoms with Crippen molar-refractivity contribution in [1.29, 1.82) is 0 Å². The van der Waals surface area contributed by atoms with Crippen LogP contribution in [0, 0.1) is 5.41 Å². The van der Waals surface area contributed by atoms with Crippen LogP contribution in [-0.4, -0.2) is 50.3 Å². The van der Waals surface area contributed by atoms with E-state index in [-0.39, 0.29) is 0 Å². The van der Waals surface area contributed by atoms with Gasteiger partial charge in [-0.15, -0.1) is 0 Å². The Kier molecular flexibility index (Phi) is 5.46. The van der Waals surface area contributed by atoms with Crippen molar-refractivity contribution in [2.45, 2.75) is 52.0 Å². The van der Waals surface area contributed by atoms with Crippen molar-refractivity contribution in [2.24, 2.45) is 5.41 Å². The number of nitrogens with zero attached hydrogens (tertiary/aromatic N) is 1. The van der Waals surface area contributed by atoms with Crippen LogP contribution in [-0.2, 0) is 4.74 Å². The molecule has 18 heavy (non-hydrogen) atoms. The summed E-state index contributed by atoms with van der Waals surface area (Å²) in [7, 11) is 0. The molecule has 2 aliphatic rings. The predicted octanol–water partition coefficient (Wildman–Crippen LogP) is 2.27. The van der Waals surface area contributed by atoms with Gasteiger partial charge in [0, 0.05) is 32.3 Å². The van der Waals surface area contributed by atoms with Gasteiger partial charge in [-0.05, 0) is 44.2 Å². The third kappa shape index (κ3) is 4.22. The second-order valence-electron chi connectivity index (χ2n) is 6.48. The van der Waals surface area contributed by atoms with Gasteiger partial charge in [0.2, 0.25) is 0 Å². The lowest BCUT2D eigenvalue weighted by Gasteiger charge is -2.42. The first kappa shape index (κ1) is 14.3. The Morgan fingerprint density at radius 3 is 2.39 bits per heavy atom. The first-order valence-corrected chi connectivity index (χ1v) is 7.74. The minimum atomic E-state index is 0.458. The van der Waals surface area contributed by atoms with Crippen LogP contribution < -0.4 is 5.32 Å². The van der Waals surface area contributed by atoms with Crippen molar-refractivity contribution in [2.75, 3.05) is 39.4 Å². The van der Waals surface area contributed by atoms with Crippen LogP contribution in [0.5, 0.6) is 0 Å². The van der Waals surface area contributed by atoms with Crippen LogP contribution in [0.15, 0.2) is 0 Å². The van der Waals surface area contributed by atoms with Gasteiger partial charge in [-0.2, -0.15) is 0 Å². The normalized spacial score (nSPS) is 25.5. The highest BCUT2D eigenvalue weighted by molar-refractivity contribution is 4.88. The van der Waals surface area contributed by atoms with Gasteiger partial charge in [0.25, 0.3) is 0 Å². The predicted molar refractivity (Wildman–Crippen MR) is 75.9 cm³/mol. The average molecular weight is 254 g/mol. The summed E-state index contributed by atoms with van der Waals surface area (Å²) in [6.07, 6.45) is 6.66. The summed E-state index contributed by atoms with van der Waals surface area (Å²) in [6, 6.07) is 0.589. The minimum Gasteiger partial charge on any atom is -0.381 e. The first-order valence-electron chi connectivity index (χ1n) is 7.74. The molecule has 2 aliphatic heterocycles. The Bertz CT molecular complexity index is 231. The second-order valence-corrected chi connectivity index (χ2v) is 6.48. The lowest BCUT2D eigenvalue weighted by atomic mass is 9.79.